The van der Waals surface area contributed by atoms with Gasteiger partial charge in [0.25, 0.3) is 0 Å². The van der Waals surface area contributed by atoms with Crippen molar-refractivity contribution in [3.63, 3.8) is 0 Å². The van der Waals surface area contributed by atoms with E-state index in [1.807, 2.05) is 57.9 Å². The third kappa shape index (κ3) is 2.83. The summed E-state index contributed by atoms with van der Waals surface area (Å²) < 4.78 is 8.25. The summed E-state index contributed by atoms with van der Waals surface area (Å²) in [6.07, 6.45) is 13.2. The van der Waals surface area contributed by atoms with Crippen molar-refractivity contribution < 1.29 is 21.1 Å². The summed E-state index contributed by atoms with van der Waals surface area (Å²) in [6.45, 7) is 0. The number of rotatable bonds is 3. The second kappa shape index (κ2) is 7.48. The molecule has 0 aliphatic carbocycles. The summed E-state index contributed by atoms with van der Waals surface area (Å²) >= 11 is 0. The van der Waals surface area contributed by atoms with Crippen LogP contribution in [-0.4, -0.2) is 37.5 Å². The van der Waals surface area contributed by atoms with Gasteiger partial charge in [-0.2, -0.15) is 0 Å². The third-order valence-electron chi connectivity index (χ3n) is 6.46. The molecule has 0 aliphatic rings. The van der Waals surface area contributed by atoms with Crippen LogP contribution in [0.1, 0.15) is 11.4 Å². The number of hydrogen-bond donors (Lipinski definition) is 0. The maximum atomic E-state index is 4.95. The molecule has 0 radical (unpaired) electrons. The molecule has 35 heavy (non-hydrogen) atoms. The normalized spacial score (nSPS) is 12.0. The topological polar surface area (TPSA) is 69.2 Å². The number of nitrogens with zero attached hydrogens (tertiary/aromatic N) is 8. The summed E-state index contributed by atoms with van der Waals surface area (Å²) in [6, 6.07) is 18.7. The third-order valence-corrected chi connectivity index (χ3v) is 6.46. The van der Waals surface area contributed by atoms with Crippen molar-refractivity contribution in [3.05, 3.63) is 97.1 Å². The molecule has 0 N–H and O–H groups in total. The van der Waals surface area contributed by atoms with Crippen LogP contribution in [0.15, 0.2) is 73.6 Å². The molecule has 0 aliphatic heterocycles. The molecule has 2 aromatic carbocycles. The van der Waals surface area contributed by atoms with E-state index in [-0.39, 0.29) is 21.1 Å². The molecule has 0 spiro atoms. The number of imidazole rings is 4. The van der Waals surface area contributed by atoms with E-state index in [4.69, 9.17) is 9.97 Å². The fraction of sp³-hybridized carbons (Fsp3) is 0.0769. The minimum atomic E-state index is 0. The van der Waals surface area contributed by atoms with Crippen LogP contribution in [0.25, 0.3) is 44.7 Å². The van der Waals surface area contributed by atoms with Gasteiger partial charge in [-0.3, -0.25) is 9.97 Å². The molecule has 8 rings (SSSR count). The van der Waals surface area contributed by atoms with E-state index in [1.165, 1.54) is 0 Å². The van der Waals surface area contributed by atoms with E-state index in [2.05, 4.69) is 55.4 Å². The molecule has 0 fully saturated rings. The molecule has 9 heteroatoms. The van der Waals surface area contributed by atoms with Crippen molar-refractivity contribution in [2.75, 3.05) is 0 Å². The van der Waals surface area contributed by atoms with Crippen LogP contribution in [0, 0.1) is 12.1 Å². The predicted octanol–water partition coefficient (Wildman–Crippen LogP) is 3.97. The summed E-state index contributed by atoms with van der Waals surface area (Å²) in [5.74, 6) is 1.69. The Labute approximate surface area is 212 Å². The minimum absolute atomic E-state index is 0. The first-order chi connectivity index (χ1) is 16.8. The van der Waals surface area contributed by atoms with Crippen LogP contribution in [0.4, 0.5) is 0 Å². The maximum absolute atomic E-state index is 4.95. The van der Waals surface area contributed by atoms with Crippen LogP contribution in [0.5, 0.6) is 0 Å². The summed E-state index contributed by atoms with van der Waals surface area (Å²) in [5, 5.41) is 1.96. The van der Waals surface area contributed by atoms with Crippen LogP contribution in [0.2, 0.25) is 0 Å². The smallest absolute Gasteiger partial charge is 0.327 e. The number of aryl methyl sites for hydroxylation is 2. The van der Waals surface area contributed by atoms with Gasteiger partial charge in [0.1, 0.15) is 0 Å². The average molecular weight is 636 g/mol. The van der Waals surface area contributed by atoms with Gasteiger partial charge in [-0.25, -0.2) is 9.97 Å². The Hall–Kier alpha value is -4.03. The number of aromatic nitrogens is 8. The molecule has 0 atom stereocenters. The van der Waals surface area contributed by atoms with Crippen LogP contribution in [0.3, 0.4) is 0 Å². The van der Waals surface area contributed by atoms with Crippen LogP contribution < -0.4 is 0 Å². The number of benzene rings is 2. The first kappa shape index (κ1) is 20.4. The van der Waals surface area contributed by atoms with Gasteiger partial charge in [0.15, 0.2) is 0 Å². The number of fused-ring (bicyclic) bond motifs is 12. The van der Waals surface area contributed by atoms with Gasteiger partial charge in [0.05, 0.1) is 11.3 Å². The number of hydrogen-bond acceptors (Lipinski definition) is 4. The Morgan fingerprint density at radius 2 is 1.14 bits per heavy atom. The van der Waals surface area contributed by atoms with Gasteiger partial charge in [-0.1, -0.05) is 10.8 Å². The van der Waals surface area contributed by atoms with Crippen molar-refractivity contribution in [2.45, 2.75) is 12.8 Å². The molecule has 0 saturated heterocycles. The molecule has 6 aromatic heterocycles. The zero-order valence-corrected chi connectivity index (χ0v) is 20.5. The molecule has 0 saturated carbocycles. The van der Waals surface area contributed by atoms with Gasteiger partial charge < -0.3 is 17.6 Å². The fourth-order valence-electron chi connectivity index (χ4n) is 4.95. The van der Waals surface area contributed by atoms with E-state index >= 15 is 0 Å². The van der Waals surface area contributed by atoms with Gasteiger partial charge >= 0.3 is 21.1 Å². The van der Waals surface area contributed by atoms with Gasteiger partial charge in [0, 0.05) is 48.6 Å². The monoisotopic (exact) mass is 635 g/mol. The van der Waals surface area contributed by atoms with Crippen molar-refractivity contribution in [3.8, 4) is 0 Å². The Balaban J connectivity index is 0.00000210. The Kier molecular flexibility index (Phi) is 4.35. The molecule has 8 nitrogen and oxygen atoms in total. The van der Waals surface area contributed by atoms with Crippen molar-refractivity contribution in [2.24, 2.45) is 0 Å². The zero-order chi connectivity index (χ0) is 22.2. The van der Waals surface area contributed by atoms with Gasteiger partial charge in [-0.05, 0) is 23.9 Å². The molecule has 0 unspecified atom stereocenters. The van der Waals surface area contributed by atoms with E-state index in [9.17, 15) is 0 Å². The summed E-state index contributed by atoms with van der Waals surface area (Å²) in [7, 11) is 0. The molecule has 8 aromatic rings. The second-order valence-electron chi connectivity index (χ2n) is 8.41. The van der Waals surface area contributed by atoms with E-state index in [0.29, 0.717) is 0 Å². The largest absolute Gasteiger partial charge is 2.00 e. The van der Waals surface area contributed by atoms with Crippen molar-refractivity contribution in [1.82, 2.24) is 37.5 Å². The standard InChI is InChI=1S/C26H16N8.Pt/c1-3-7-21-19(5-1)23-29-17(15-33(23)25-27-11-13-31(21)25)9-10-18-16-34-24(30-18)20-6-2-4-8-22(20)32-14-12-28-26(32)34;/h1-4,7-8,11-16H,9-10H2;/q-2;+2. The van der Waals surface area contributed by atoms with Gasteiger partial charge in [-0.15, -0.1) is 48.5 Å². The van der Waals surface area contributed by atoms with Crippen molar-refractivity contribution in [1.29, 1.82) is 0 Å². The summed E-state index contributed by atoms with van der Waals surface area (Å²) in [5.41, 5.74) is 5.83. The van der Waals surface area contributed by atoms with Crippen molar-refractivity contribution >= 4 is 44.7 Å². The minimum Gasteiger partial charge on any atom is -0.327 e. The van der Waals surface area contributed by atoms with E-state index < -0.39 is 0 Å². The molecule has 0 bridgehead atoms. The molecule has 6 heterocycles. The molecular formula is C26H16N8Pt. The Morgan fingerprint density at radius 3 is 1.63 bits per heavy atom. The first-order valence-corrected chi connectivity index (χ1v) is 11.1. The molecule has 170 valence electrons. The summed E-state index contributed by atoms with van der Waals surface area (Å²) in [4.78, 5) is 19.0. The quantitative estimate of drug-likeness (QED) is 0.276. The van der Waals surface area contributed by atoms with Gasteiger partial charge in [0.2, 0.25) is 11.6 Å². The second-order valence-corrected chi connectivity index (χ2v) is 8.41. The fourth-order valence-corrected chi connectivity index (χ4v) is 4.95. The molecule has 0 amide bonds. The zero-order valence-electron chi connectivity index (χ0n) is 18.2. The van der Waals surface area contributed by atoms with Crippen LogP contribution >= 0.6 is 0 Å². The van der Waals surface area contributed by atoms with E-state index in [0.717, 1.165) is 68.9 Å². The maximum Gasteiger partial charge on any atom is 2.00 e. The van der Waals surface area contributed by atoms with E-state index in [1.54, 1.807) is 0 Å². The SMILES string of the molecule is [Pt+2].[c-]1cccc2c1c1nc(CCc3cn4c(n3)c3[c-]cccc3n3ccnc34)cn1c1nccn21. The Bertz CT molecular complexity index is 1890. The van der Waals surface area contributed by atoms with Crippen LogP contribution in [-0.2, 0) is 33.9 Å². The first-order valence-electron chi connectivity index (χ1n) is 11.1. The molecular weight excluding hydrogens is 619 g/mol. The average Bonchev–Trinajstić information content (AvgIpc) is 3.66. The predicted molar refractivity (Wildman–Crippen MR) is 128 cm³/mol. The Morgan fingerprint density at radius 1 is 0.657 bits per heavy atom.